The molecule has 1 atom stereocenters. The zero-order valence-electron chi connectivity index (χ0n) is 13.4. The van der Waals surface area contributed by atoms with Crippen molar-refractivity contribution >= 4 is 18.3 Å². The molecule has 0 fully saturated rings. The summed E-state index contributed by atoms with van der Waals surface area (Å²) in [6.07, 6.45) is 1.89. The number of aliphatic imine (C=N–C) groups is 1. The van der Waals surface area contributed by atoms with Crippen LogP contribution in [0.3, 0.4) is 0 Å². The summed E-state index contributed by atoms with van der Waals surface area (Å²) in [5.74, 6) is -0.852. The largest absolute Gasteiger partial charge is 0.517 e. The van der Waals surface area contributed by atoms with Gasteiger partial charge in [0.25, 0.3) is 0 Å². The van der Waals surface area contributed by atoms with Crippen LogP contribution in [0.25, 0.3) is 0 Å². The standard InChI is InChI=1S/C17H20N2O4/c1-12(13-7-5-4-6-8-13)17(2,3)23-16(21)22-15(20)14-9-10-18-11-19-14/h4-10,12,19H,11H2,1-3H3. The predicted octanol–water partition coefficient (Wildman–Crippen LogP) is 2.76. The van der Waals surface area contributed by atoms with Crippen LogP contribution in [-0.2, 0) is 14.3 Å². The molecule has 0 radical (unpaired) electrons. The second-order valence-corrected chi connectivity index (χ2v) is 5.72. The monoisotopic (exact) mass is 316 g/mol. The van der Waals surface area contributed by atoms with Gasteiger partial charge in [-0.05, 0) is 25.5 Å². The molecule has 1 aliphatic heterocycles. The van der Waals surface area contributed by atoms with Crippen molar-refractivity contribution in [1.29, 1.82) is 0 Å². The van der Waals surface area contributed by atoms with Crippen LogP contribution >= 0.6 is 0 Å². The fourth-order valence-electron chi connectivity index (χ4n) is 2.11. The van der Waals surface area contributed by atoms with Crippen molar-refractivity contribution in [1.82, 2.24) is 5.32 Å². The van der Waals surface area contributed by atoms with Crippen molar-refractivity contribution in [2.24, 2.45) is 4.99 Å². The SMILES string of the molecule is CC(c1ccccc1)C(C)(C)OC(=O)OC(=O)C1=CC=NCN1. The van der Waals surface area contributed by atoms with E-state index in [0.717, 1.165) is 5.56 Å². The molecule has 1 aromatic rings. The summed E-state index contributed by atoms with van der Waals surface area (Å²) in [5.41, 5.74) is 0.379. The van der Waals surface area contributed by atoms with Gasteiger partial charge in [0.1, 0.15) is 18.0 Å². The highest BCUT2D eigenvalue weighted by molar-refractivity contribution is 5.97. The third-order valence-corrected chi connectivity index (χ3v) is 3.79. The minimum Gasteiger partial charge on any atom is -0.427 e. The predicted molar refractivity (Wildman–Crippen MR) is 86.1 cm³/mol. The third-order valence-electron chi connectivity index (χ3n) is 3.79. The summed E-state index contributed by atoms with van der Waals surface area (Å²) in [6.45, 7) is 5.78. The van der Waals surface area contributed by atoms with E-state index in [1.165, 1.54) is 12.3 Å². The fraction of sp³-hybridized carbons (Fsp3) is 0.353. The van der Waals surface area contributed by atoms with E-state index in [-0.39, 0.29) is 18.3 Å². The average molecular weight is 316 g/mol. The minimum absolute atomic E-state index is 0.0643. The lowest BCUT2D eigenvalue weighted by Crippen LogP contribution is -2.35. The van der Waals surface area contributed by atoms with Crippen LogP contribution in [0.2, 0.25) is 0 Å². The van der Waals surface area contributed by atoms with Crippen molar-refractivity contribution in [3.05, 3.63) is 47.7 Å². The molecule has 23 heavy (non-hydrogen) atoms. The number of hydrogen-bond acceptors (Lipinski definition) is 6. The highest BCUT2D eigenvalue weighted by Gasteiger charge is 2.33. The van der Waals surface area contributed by atoms with Crippen molar-refractivity contribution in [2.45, 2.75) is 32.3 Å². The lowest BCUT2D eigenvalue weighted by molar-refractivity contribution is -0.138. The molecule has 0 bridgehead atoms. The maximum atomic E-state index is 11.9. The molecule has 0 aliphatic carbocycles. The molecular weight excluding hydrogens is 296 g/mol. The number of esters is 1. The van der Waals surface area contributed by atoms with Gasteiger partial charge in [-0.15, -0.1) is 0 Å². The molecular formula is C17H20N2O4. The van der Waals surface area contributed by atoms with Crippen LogP contribution in [-0.4, -0.2) is 30.6 Å². The van der Waals surface area contributed by atoms with Gasteiger partial charge >= 0.3 is 12.1 Å². The molecule has 6 heteroatoms. The molecule has 6 nitrogen and oxygen atoms in total. The molecule has 1 aliphatic rings. The van der Waals surface area contributed by atoms with Gasteiger partial charge in [0.2, 0.25) is 0 Å². The Kier molecular flexibility index (Phi) is 5.16. The molecule has 2 rings (SSSR count). The van der Waals surface area contributed by atoms with Crippen LogP contribution in [0.4, 0.5) is 4.79 Å². The number of carbonyl (C=O) groups is 2. The summed E-state index contributed by atoms with van der Waals surface area (Å²) < 4.78 is 10.1. The van der Waals surface area contributed by atoms with Crippen LogP contribution in [0.1, 0.15) is 32.3 Å². The van der Waals surface area contributed by atoms with E-state index in [9.17, 15) is 9.59 Å². The number of hydrogen-bond donors (Lipinski definition) is 1. The van der Waals surface area contributed by atoms with E-state index in [1.54, 1.807) is 13.8 Å². The molecule has 0 saturated carbocycles. The Balaban J connectivity index is 1.96. The summed E-state index contributed by atoms with van der Waals surface area (Å²) in [7, 11) is 0. The second-order valence-electron chi connectivity index (χ2n) is 5.72. The van der Waals surface area contributed by atoms with Crippen LogP contribution < -0.4 is 5.32 Å². The number of allylic oxidation sites excluding steroid dienone is 1. The number of benzene rings is 1. The van der Waals surface area contributed by atoms with Gasteiger partial charge in [-0.25, -0.2) is 9.59 Å². The Morgan fingerprint density at radius 3 is 2.57 bits per heavy atom. The van der Waals surface area contributed by atoms with Crippen molar-refractivity contribution in [3.63, 3.8) is 0 Å². The Labute approximate surface area is 135 Å². The lowest BCUT2D eigenvalue weighted by atomic mass is 9.86. The number of carbonyl (C=O) groups excluding carboxylic acids is 2. The quantitative estimate of drug-likeness (QED) is 0.683. The van der Waals surface area contributed by atoms with E-state index in [0.29, 0.717) is 0 Å². The summed E-state index contributed by atoms with van der Waals surface area (Å²) in [6, 6.07) is 9.69. The molecule has 1 aromatic carbocycles. The third kappa shape index (κ3) is 4.42. The topological polar surface area (TPSA) is 77.0 Å². The number of rotatable bonds is 4. The molecule has 0 amide bonds. The molecule has 0 saturated heterocycles. The van der Waals surface area contributed by atoms with E-state index >= 15 is 0 Å². The highest BCUT2D eigenvalue weighted by atomic mass is 16.7. The van der Waals surface area contributed by atoms with Crippen molar-refractivity contribution in [3.8, 4) is 0 Å². The Morgan fingerprint density at radius 1 is 1.26 bits per heavy atom. The summed E-state index contributed by atoms with van der Waals surface area (Å²) in [4.78, 5) is 27.6. The van der Waals surface area contributed by atoms with Crippen LogP contribution in [0.15, 0.2) is 47.1 Å². The maximum absolute atomic E-state index is 11.9. The molecule has 1 N–H and O–H groups in total. The second kappa shape index (κ2) is 7.09. The number of ether oxygens (including phenoxy) is 2. The Hall–Kier alpha value is -2.63. The van der Waals surface area contributed by atoms with Gasteiger partial charge in [-0.1, -0.05) is 37.3 Å². The number of nitrogens with one attached hydrogen (secondary N) is 1. The van der Waals surface area contributed by atoms with Crippen LogP contribution in [0.5, 0.6) is 0 Å². The van der Waals surface area contributed by atoms with E-state index in [1.807, 2.05) is 37.3 Å². The first kappa shape index (κ1) is 16.7. The van der Waals surface area contributed by atoms with Crippen molar-refractivity contribution in [2.75, 3.05) is 6.67 Å². The summed E-state index contributed by atoms with van der Waals surface area (Å²) >= 11 is 0. The van der Waals surface area contributed by atoms with Gasteiger partial charge in [0.15, 0.2) is 0 Å². The average Bonchev–Trinajstić information content (AvgIpc) is 2.55. The van der Waals surface area contributed by atoms with Crippen LogP contribution in [0, 0.1) is 0 Å². The van der Waals surface area contributed by atoms with Gasteiger partial charge in [0, 0.05) is 12.1 Å². The fourth-order valence-corrected chi connectivity index (χ4v) is 2.11. The van der Waals surface area contributed by atoms with E-state index in [4.69, 9.17) is 9.47 Å². The first-order chi connectivity index (χ1) is 10.9. The zero-order chi connectivity index (χ0) is 16.9. The van der Waals surface area contributed by atoms with Gasteiger partial charge < -0.3 is 14.8 Å². The lowest BCUT2D eigenvalue weighted by Gasteiger charge is -2.31. The van der Waals surface area contributed by atoms with Gasteiger partial charge in [-0.2, -0.15) is 0 Å². The van der Waals surface area contributed by atoms with Gasteiger partial charge in [0.05, 0.1) is 0 Å². The first-order valence-corrected chi connectivity index (χ1v) is 7.34. The molecule has 1 heterocycles. The zero-order valence-corrected chi connectivity index (χ0v) is 13.4. The maximum Gasteiger partial charge on any atom is 0.517 e. The van der Waals surface area contributed by atoms with Crippen molar-refractivity contribution < 1.29 is 19.1 Å². The molecule has 0 aromatic heterocycles. The molecule has 1 unspecified atom stereocenters. The van der Waals surface area contributed by atoms with E-state index < -0.39 is 17.7 Å². The first-order valence-electron chi connectivity index (χ1n) is 7.34. The normalized spacial score (nSPS) is 15.2. The highest BCUT2D eigenvalue weighted by Crippen LogP contribution is 2.31. The Bertz CT molecular complexity index is 635. The van der Waals surface area contributed by atoms with E-state index in [2.05, 4.69) is 10.3 Å². The molecule has 122 valence electrons. The Morgan fingerprint density at radius 2 is 1.96 bits per heavy atom. The minimum atomic E-state index is -1.02. The van der Waals surface area contributed by atoms with Gasteiger partial charge in [-0.3, -0.25) is 4.99 Å². The summed E-state index contributed by atoms with van der Waals surface area (Å²) in [5, 5.41) is 2.72. The molecule has 0 spiro atoms. The smallest absolute Gasteiger partial charge is 0.427 e. The number of nitrogens with zero attached hydrogens (tertiary/aromatic N) is 1.